The summed E-state index contributed by atoms with van der Waals surface area (Å²) in [5.74, 6) is 0.0607. The molecule has 1 N–H and O–H groups in total. The Morgan fingerprint density at radius 3 is 2.43 bits per heavy atom. The monoisotopic (exact) mass is 578 g/mol. The number of nitrogens with zero attached hydrogens (tertiary/aromatic N) is 1. The minimum Gasteiger partial charge on any atom is -0.493 e. The van der Waals surface area contributed by atoms with Crippen molar-refractivity contribution >= 4 is 11.5 Å². The SMILES string of the molecule is COc1cccc(CN(C(=O)C2=C(c3ccc(OCCOc4c(F)ccc(C)c4F)cc3)CCNC2)C2CC2)c1OC. The Labute approximate surface area is 245 Å². The Balaban J connectivity index is 1.28. The second kappa shape index (κ2) is 13.2. The maximum Gasteiger partial charge on any atom is 0.251 e. The van der Waals surface area contributed by atoms with Crippen molar-refractivity contribution in [2.24, 2.45) is 0 Å². The quantitative estimate of drug-likeness (QED) is 0.279. The lowest BCUT2D eigenvalue weighted by Gasteiger charge is -2.29. The molecular formula is C33H36F2N2O5. The second-order valence-electron chi connectivity index (χ2n) is 10.4. The Hall–Kier alpha value is -4.11. The fourth-order valence-corrected chi connectivity index (χ4v) is 5.21. The number of ether oxygens (including phenoxy) is 4. The number of hydrogen-bond acceptors (Lipinski definition) is 6. The van der Waals surface area contributed by atoms with Gasteiger partial charge in [0, 0.05) is 23.7 Å². The van der Waals surface area contributed by atoms with E-state index in [-0.39, 0.29) is 25.2 Å². The molecule has 5 rings (SSSR count). The van der Waals surface area contributed by atoms with Crippen LogP contribution in [0.2, 0.25) is 0 Å². The molecule has 0 spiro atoms. The molecule has 222 valence electrons. The van der Waals surface area contributed by atoms with Crippen LogP contribution in [0.4, 0.5) is 8.78 Å². The zero-order valence-electron chi connectivity index (χ0n) is 24.2. The van der Waals surface area contributed by atoms with Crippen molar-refractivity contribution in [1.29, 1.82) is 0 Å². The van der Waals surface area contributed by atoms with Crippen LogP contribution in [0, 0.1) is 18.6 Å². The lowest BCUT2D eigenvalue weighted by atomic mass is 9.93. The summed E-state index contributed by atoms with van der Waals surface area (Å²) in [6, 6.07) is 16.0. The number of benzene rings is 3. The van der Waals surface area contributed by atoms with E-state index in [1.807, 2.05) is 47.4 Å². The summed E-state index contributed by atoms with van der Waals surface area (Å²) < 4.78 is 50.2. The van der Waals surface area contributed by atoms with E-state index >= 15 is 0 Å². The molecule has 0 unspecified atom stereocenters. The fourth-order valence-electron chi connectivity index (χ4n) is 5.21. The molecule has 1 aliphatic carbocycles. The van der Waals surface area contributed by atoms with Crippen molar-refractivity contribution < 1.29 is 32.5 Å². The van der Waals surface area contributed by atoms with Crippen LogP contribution in [0.25, 0.3) is 5.57 Å². The molecule has 42 heavy (non-hydrogen) atoms. The summed E-state index contributed by atoms with van der Waals surface area (Å²) in [5.41, 5.74) is 3.96. The molecule has 0 aromatic heterocycles. The van der Waals surface area contributed by atoms with Gasteiger partial charge in [-0.25, -0.2) is 8.78 Å². The first kappa shape index (κ1) is 29.4. The van der Waals surface area contributed by atoms with Crippen molar-refractivity contribution in [2.45, 2.75) is 38.8 Å². The third-order valence-corrected chi connectivity index (χ3v) is 7.59. The van der Waals surface area contributed by atoms with Gasteiger partial charge in [-0.05, 0) is 73.7 Å². The van der Waals surface area contributed by atoms with Crippen LogP contribution in [0.1, 0.15) is 36.0 Å². The standard InChI is InChI=1S/C33H36F2N2O5/c1-21-7-14-28(34)32(30(21)35)42-18-17-41-25-12-8-22(9-13-25)26-15-16-36-19-27(26)33(38)37(24-10-11-24)20-23-5-4-6-29(39-2)31(23)40-3/h4-9,12-14,24,36H,10-11,15-20H2,1-3H3. The summed E-state index contributed by atoms with van der Waals surface area (Å²) in [6.45, 7) is 3.37. The molecule has 3 aromatic rings. The molecule has 0 saturated heterocycles. The molecule has 1 saturated carbocycles. The predicted octanol–water partition coefficient (Wildman–Crippen LogP) is 5.69. The number of aryl methyl sites for hydroxylation is 1. The van der Waals surface area contributed by atoms with Crippen LogP contribution in [0.15, 0.2) is 60.2 Å². The van der Waals surface area contributed by atoms with Gasteiger partial charge in [0.15, 0.2) is 28.9 Å². The number of halogens is 2. The molecule has 0 atom stereocenters. The van der Waals surface area contributed by atoms with Crippen molar-refractivity contribution in [1.82, 2.24) is 10.2 Å². The molecule has 3 aromatic carbocycles. The lowest BCUT2D eigenvalue weighted by molar-refractivity contribution is -0.128. The maximum atomic E-state index is 14.1. The normalized spacial score (nSPS) is 14.9. The maximum absolute atomic E-state index is 14.1. The Morgan fingerprint density at radius 1 is 0.952 bits per heavy atom. The zero-order valence-corrected chi connectivity index (χ0v) is 24.2. The van der Waals surface area contributed by atoms with Crippen LogP contribution < -0.4 is 24.3 Å². The minimum atomic E-state index is -0.745. The van der Waals surface area contributed by atoms with Crippen LogP contribution in [0.5, 0.6) is 23.0 Å². The average Bonchev–Trinajstić information content (AvgIpc) is 3.86. The predicted molar refractivity (Wildman–Crippen MR) is 156 cm³/mol. The first-order chi connectivity index (χ1) is 20.4. The lowest BCUT2D eigenvalue weighted by Crippen LogP contribution is -2.39. The summed E-state index contributed by atoms with van der Waals surface area (Å²) in [4.78, 5) is 16.0. The molecule has 0 radical (unpaired) electrons. The molecule has 1 fully saturated rings. The van der Waals surface area contributed by atoms with Gasteiger partial charge in [-0.1, -0.05) is 30.3 Å². The van der Waals surface area contributed by atoms with E-state index in [9.17, 15) is 13.6 Å². The summed E-state index contributed by atoms with van der Waals surface area (Å²) >= 11 is 0. The molecule has 7 nitrogen and oxygen atoms in total. The van der Waals surface area contributed by atoms with Crippen molar-refractivity contribution in [2.75, 3.05) is 40.5 Å². The van der Waals surface area contributed by atoms with Gasteiger partial charge in [0.2, 0.25) is 0 Å². The van der Waals surface area contributed by atoms with E-state index in [2.05, 4.69) is 5.32 Å². The zero-order chi connectivity index (χ0) is 29.6. The van der Waals surface area contributed by atoms with Crippen LogP contribution in [-0.2, 0) is 11.3 Å². The number of methoxy groups -OCH3 is 2. The first-order valence-corrected chi connectivity index (χ1v) is 14.2. The van der Waals surface area contributed by atoms with Gasteiger partial charge in [-0.3, -0.25) is 4.79 Å². The molecule has 0 bridgehead atoms. The van der Waals surface area contributed by atoms with Crippen LogP contribution in [-0.4, -0.2) is 57.4 Å². The van der Waals surface area contributed by atoms with Gasteiger partial charge >= 0.3 is 0 Å². The minimum absolute atomic E-state index is 0.0103. The Bertz CT molecular complexity index is 1450. The topological polar surface area (TPSA) is 69.3 Å². The van der Waals surface area contributed by atoms with Crippen molar-refractivity contribution in [3.05, 3.63) is 88.5 Å². The smallest absolute Gasteiger partial charge is 0.251 e. The van der Waals surface area contributed by atoms with Gasteiger partial charge in [0.1, 0.15) is 19.0 Å². The van der Waals surface area contributed by atoms with E-state index in [1.165, 1.54) is 12.1 Å². The molecule has 2 aliphatic rings. The van der Waals surface area contributed by atoms with Gasteiger partial charge in [0.05, 0.1) is 20.8 Å². The number of hydrogen-bond donors (Lipinski definition) is 1. The fraction of sp³-hybridized carbons (Fsp3) is 0.364. The molecule has 1 aliphatic heterocycles. The molecule has 1 heterocycles. The Morgan fingerprint density at radius 2 is 1.71 bits per heavy atom. The third-order valence-electron chi connectivity index (χ3n) is 7.59. The van der Waals surface area contributed by atoms with E-state index in [0.29, 0.717) is 35.9 Å². The molecule has 1 amide bonds. The van der Waals surface area contributed by atoms with Crippen LogP contribution in [0.3, 0.4) is 0 Å². The van der Waals surface area contributed by atoms with Gasteiger partial charge in [-0.2, -0.15) is 0 Å². The number of carbonyl (C=O) groups is 1. The van der Waals surface area contributed by atoms with Crippen molar-refractivity contribution in [3.8, 4) is 23.0 Å². The first-order valence-electron chi connectivity index (χ1n) is 14.2. The molecule has 9 heteroatoms. The summed E-state index contributed by atoms with van der Waals surface area (Å²) in [5, 5.41) is 3.36. The number of rotatable bonds is 12. The largest absolute Gasteiger partial charge is 0.493 e. The Kier molecular flexibility index (Phi) is 9.27. The highest BCUT2D eigenvalue weighted by molar-refractivity contribution is 6.02. The highest BCUT2D eigenvalue weighted by Crippen LogP contribution is 2.37. The van der Waals surface area contributed by atoms with E-state index in [0.717, 1.165) is 48.1 Å². The van der Waals surface area contributed by atoms with Crippen LogP contribution >= 0.6 is 0 Å². The highest BCUT2D eigenvalue weighted by Gasteiger charge is 2.36. The van der Waals surface area contributed by atoms with Gasteiger partial charge < -0.3 is 29.2 Å². The number of nitrogens with one attached hydrogen (secondary N) is 1. The summed E-state index contributed by atoms with van der Waals surface area (Å²) in [6.07, 6.45) is 2.68. The number of para-hydroxylation sites is 1. The average molecular weight is 579 g/mol. The van der Waals surface area contributed by atoms with E-state index in [1.54, 1.807) is 21.1 Å². The van der Waals surface area contributed by atoms with E-state index < -0.39 is 17.4 Å². The second-order valence-corrected chi connectivity index (χ2v) is 10.4. The number of amides is 1. The van der Waals surface area contributed by atoms with Gasteiger partial charge in [-0.15, -0.1) is 0 Å². The van der Waals surface area contributed by atoms with E-state index in [4.69, 9.17) is 18.9 Å². The number of carbonyl (C=O) groups excluding carboxylic acids is 1. The molecular weight excluding hydrogens is 542 g/mol. The summed E-state index contributed by atoms with van der Waals surface area (Å²) in [7, 11) is 3.22. The van der Waals surface area contributed by atoms with Crippen molar-refractivity contribution in [3.63, 3.8) is 0 Å². The van der Waals surface area contributed by atoms with Gasteiger partial charge in [0.25, 0.3) is 5.91 Å². The highest BCUT2D eigenvalue weighted by atomic mass is 19.1. The third kappa shape index (κ3) is 6.51.